The van der Waals surface area contributed by atoms with Crippen molar-refractivity contribution in [1.82, 2.24) is 15.2 Å². The predicted octanol–water partition coefficient (Wildman–Crippen LogP) is 0.559. The summed E-state index contributed by atoms with van der Waals surface area (Å²) in [5.41, 5.74) is 4.69. The van der Waals surface area contributed by atoms with Crippen LogP contribution in [0.5, 0.6) is 0 Å². The second-order valence-electron chi connectivity index (χ2n) is 4.60. The Bertz CT molecular complexity index is 397. The highest BCUT2D eigenvalue weighted by Gasteiger charge is 2.27. The Balaban J connectivity index is 2.20. The molecule has 0 spiro atoms. The average molecular weight is 222 g/mol. The Morgan fingerprint density at radius 1 is 1.69 bits per heavy atom. The smallest absolute Gasteiger partial charge is 0.237 e. The molecule has 2 rings (SSSR count). The Kier molecular flexibility index (Phi) is 2.96. The van der Waals surface area contributed by atoms with E-state index < -0.39 is 0 Å². The molecule has 16 heavy (non-hydrogen) atoms. The summed E-state index contributed by atoms with van der Waals surface area (Å²) in [6.07, 6.45) is 4.40. The van der Waals surface area contributed by atoms with Gasteiger partial charge in [0.05, 0.1) is 6.20 Å². The van der Waals surface area contributed by atoms with Crippen LogP contribution in [0.3, 0.4) is 0 Å². The lowest BCUT2D eigenvalue weighted by Gasteiger charge is -2.22. The maximum atomic E-state index is 11.5. The van der Waals surface area contributed by atoms with Gasteiger partial charge in [-0.05, 0) is 38.7 Å². The van der Waals surface area contributed by atoms with Crippen molar-refractivity contribution in [3.8, 4) is 0 Å². The van der Waals surface area contributed by atoms with E-state index in [0.717, 1.165) is 19.3 Å². The van der Waals surface area contributed by atoms with Gasteiger partial charge in [0, 0.05) is 17.7 Å². The van der Waals surface area contributed by atoms with Crippen molar-refractivity contribution in [3.05, 3.63) is 17.5 Å². The Morgan fingerprint density at radius 3 is 3.06 bits per heavy atom. The zero-order valence-electron chi connectivity index (χ0n) is 9.73. The van der Waals surface area contributed by atoms with Gasteiger partial charge >= 0.3 is 0 Å². The Morgan fingerprint density at radius 2 is 2.44 bits per heavy atom. The van der Waals surface area contributed by atoms with E-state index in [1.165, 1.54) is 11.3 Å². The number of hydrazine groups is 1. The molecule has 1 atom stereocenters. The monoisotopic (exact) mass is 222 g/mol. The molecule has 0 saturated heterocycles. The maximum absolute atomic E-state index is 11.5. The van der Waals surface area contributed by atoms with Gasteiger partial charge in [-0.2, -0.15) is 5.10 Å². The van der Waals surface area contributed by atoms with Crippen LogP contribution in [0.2, 0.25) is 0 Å². The standard InChI is InChI=1S/C11H18N4O/c1-7(2)15-10-4-3-8(11(16)14-12)5-9(10)6-13-15/h6-8H,3-5,12H2,1-2H3,(H,14,16)/t8-/m1/s1. The van der Waals surface area contributed by atoms with E-state index in [1.54, 1.807) is 0 Å². The molecule has 0 unspecified atom stereocenters. The van der Waals surface area contributed by atoms with E-state index in [9.17, 15) is 4.79 Å². The first-order valence-electron chi connectivity index (χ1n) is 5.69. The van der Waals surface area contributed by atoms with E-state index in [-0.39, 0.29) is 11.8 Å². The van der Waals surface area contributed by atoms with Crippen molar-refractivity contribution < 1.29 is 4.79 Å². The van der Waals surface area contributed by atoms with Gasteiger partial charge in [0.2, 0.25) is 5.91 Å². The molecule has 0 radical (unpaired) electrons. The summed E-state index contributed by atoms with van der Waals surface area (Å²) in [5, 5.41) is 4.37. The molecule has 0 aromatic carbocycles. The molecule has 1 aliphatic rings. The maximum Gasteiger partial charge on any atom is 0.237 e. The first kappa shape index (κ1) is 11.1. The molecule has 1 aliphatic carbocycles. The zero-order valence-corrected chi connectivity index (χ0v) is 9.73. The lowest BCUT2D eigenvalue weighted by molar-refractivity contribution is -0.125. The SMILES string of the molecule is CC(C)n1ncc2c1CC[C@@H](C(=O)NN)C2. The van der Waals surface area contributed by atoms with Crippen LogP contribution in [0.1, 0.15) is 37.6 Å². The van der Waals surface area contributed by atoms with Crippen LogP contribution in [0.25, 0.3) is 0 Å². The van der Waals surface area contributed by atoms with Gasteiger partial charge in [0.25, 0.3) is 0 Å². The zero-order chi connectivity index (χ0) is 11.7. The molecule has 1 aromatic heterocycles. The van der Waals surface area contributed by atoms with Gasteiger partial charge in [-0.3, -0.25) is 14.9 Å². The summed E-state index contributed by atoms with van der Waals surface area (Å²) in [7, 11) is 0. The van der Waals surface area contributed by atoms with E-state index >= 15 is 0 Å². The van der Waals surface area contributed by atoms with Gasteiger partial charge in [-0.25, -0.2) is 5.84 Å². The molecule has 3 N–H and O–H groups in total. The molecule has 0 fully saturated rings. The van der Waals surface area contributed by atoms with Crippen molar-refractivity contribution in [2.75, 3.05) is 0 Å². The van der Waals surface area contributed by atoms with Crippen molar-refractivity contribution in [2.24, 2.45) is 11.8 Å². The number of nitrogens with zero attached hydrogens (tertiary/aromatic N) is 2. The first-order valence-corrected chi connectivity index (χ1v) is 5.69. The molecular formula is C11H18N4O. The van der Waals surface area contributed by atoms with E-state index in [0.29, 0.717) is 6.04 Å². The average Bonchev–Trinajstić information content (AvgIpc) is 2.70. The molecule has 0 aliphatic heterocycles. The largest absolute Gasteiger partial charge is 0.294 e. The molecule has 0 bridgehead atoms. The molecule has 1 amide bonds. The molecule has 5 heteroatoms. The number of amides is 1. The molecule has 5 nitrogen and oxygen atoms in total. The Labute approximate surface area is 95.0 Å². The summed E-state index contributed by atoms with van der Waals surface area (Å²) in [6.45, 7) is 4.23. The fraction of sp³-hybridized carbons (Fsp3) is 0.636. The van der Waals surface area contributed by atoms with E-state index in [4.69, 9.17) is 5.84 Å². The van der Waals surface area contributed by atoms with Gasteiger partial charge in [-0.15, -0.1) is 0 Å². The lowest BCUT2D eigenvalue weighted by atomic mass is 9.87. The summed E-state index contributed by atoms with van der Waals surface area (Å²) in [4.78, 5) is 11.5. The van der Waals surface area contributed by atoms with Crippen LogP contribution in [0.15, 0.2) is 6.20 Å². The van der Waals surface area contributed by atoms with Crippen LogP contribution in [-0.4, -0.2) is 15.7 Å². The lowest BCUT2D eigenvalue weighted by Crippen LogP contribution is -2.38. The van der Waals surface area contributed by atoms with Gasteiger partial charge in [-0.1, -0.05) is 0 Å². The van der Waals surface area contributed by atoms with Crippen molar-refractivity contribution in [2.45, 2.75) is 39.2 Å². The van der Waals surface area contributed by atoms with Gasteiger partial charge in [0.1, 0.15) is 0 Å². The topological polar surface area (TPSA) is 72.9 Å². The number of nitrogens with two attached hydrogens (primary N) is 1. The predicted molar refractivity (Wildman–Crippen MR) is 60.5 cm³/mol. The van der Waals surface area contributed by atoms with Crippen LogP contribution in [0.4, 0.5) is 0 Å². The quantitative estimate of drug-likeness (QED) is 0.436. The van der Waals surface area contributed by atoms with Crippen molar-refractivity contribution >= 4 is 5.91 Å². The molecule has 1 heterocycles. The molecule has 1 aromatic rings. The number of hydrogen-bond donors (Lipinski definition) is 2. The van der Waals surface area contributed by atoms with Crippen molar-refractivity contribution in [1.29, 1.82) is 0 Å². The fourth-order valence-electron chi connectivity index (χ4n) is 2.33. The molecular weight excluding hydrogens is 204 g/mol. The second-order valence-corrected chi connectivity index (χ2v) is 4.60. The Hall–Kier alpha value is -1.36. The molecule has 0 saturated carbocycles. The third kappa shape index (κ3) is 1.82. The number of aromatic nitrogens is 2. The summed E-state index contributed by atoms with van der Waals surface area (Å²) < 4.78 is 2.05. The normalized spacial score (nSPS) is 19.6. The summed E-state index contributed by atoms with van der Waals surface area (Å²) >= 11 is 0. The number of fused-ring (bicyclic) bond motifs is 1. The van der Waals surface area contributed by atoms with Crippen molar-refractivity contribution in [3.63, 3.8) is 0 Å². The number of carbonyl (C=O) groups is 1. The van der Waals surface area contributed by atoms with E-state index in [1.807, 2.05) is 10.9 Å². The summed E-state index contributed by atoms with van der Waals surface area (Å²) in [5.74, 6) is 5.09. The fourth-order valence-corrected chi connectivity index (χ4v) is 2.33. The number of nitrogens with one attached hydrogen (secondary N) is 1. The highest BCUT2D eigenvalue weighted by Crippen LogP contribution is 2.27. The van der Waals surface area contributed by atoms with Gasteiger partial charge in [0.15, 0.2) is 0 Å². The number of rotatable bonds is 2. The highest BCUT2D eigenvalue weighted by atomic mass is 16.2. The van der Waals surface area contributed by atoms with Crippen LogP contribution >= 0.6 is 0 Å². The first-order chi connectivity index (χ1) is 7.63. The number of carbonyl (C=O) groups excluding carboxylic acids is 1. The van der Waals surface area contributed by atoms with Crippen LogP contribution in [-0.2, 0) is 17.6 Å². The highest BCUT2D eigenvalue weighted by molar-refractivity contribution is 5.78. The third-order valence-electron chi connectivity index (χ3n) is 3.18. The third-order valence-corrected chi connectivity index (χ3v) is 3.18. The minimum absolute atomic E-state index is 0.00214. The van der Waals surface area contributed by atoms with Crippen LogP contribution in [0, 0.1) is 5.92 Å². The minimum Gasteiger partial charge on any atom is -0.294 e. The summed E-state index contributed by atoms with van der Waals surface area (Å²) in [6, 6.07) is 0.378. The number of hydrogen-bond acceptors (Lipinski definition) is 3. The van der Waals surface area contributed by atoms with Crippen LogP contribution < -0.4 is 11.3 Å². The molecule has 88 valence electrons. The minimum atomic E-state index is -0.0667. The van der Waals surface area contributed by atoms with E-state index in [2.05, 4.69) is 24.4 Å². The second kappa shape index (κ2) is 4.25. The van der Waals surface area contributed by atoms with Gasteiger partial charge < -0.3 is 0 Å².